The molecule has 0 aromatic heterocycles. The van der Waals surface area contributed by atoms with E-state index < -0.39 is 0 Å². The first-order chi connectivity index (χ1) is 9.81. The summed E-state index contributed by atoms with van der Waals surface area (Å²) in [6, 6.07) is 5.78. The van der Waals surface area contributed by atoms with Crippen LogP contribution in [0.1, 0.15) is 18.9 Å². The number of nitrogens with two attached hydrogens (primary N) is 1. The van der Waals surface area contributed by atoms with Crippen LogP contribution in [0.3, 0.4) is 0 Å². The van der Waals surface area contributed by atoms with Crippen LogP contribution in [0.2, 0.25) is 0 Å². The van der Waals surface area contributed by atoms with Crippen LogP contribution in [-0.2, 0) is 16.0 Å². The summed E-state index contributed by atoms with van der Waals surface area (Å²) in [6.45, 7) is 5.53. The third kappa shape index (κ3) is 6.23. The maximum absolute atomic E-state index is 5.72. The van der Waals surface area contributed by atoms with Crippen LogP contribution in [0, 0.1) is 0 Å². The summed E-state index contributed by atoms with van der Waals surface area (Å²) < 4.78 is 21.6. The maximum Gasteiger partial charge on any atom is 0.161 e. The molecule has 0 heterocycles. The van der Waals surface area contributed by atoms with Crippen LogP contribution in [0.15, 0.2) is 18.2 Å². The summed E-state index contributed by atoms with van der Waals surface area (Å²) in [4.78, 5) is 0. The summed E-state index contributed by atoms with van der Waals surface area (Å²) in [5.74, 6) is 1.50. The number of methoxy groups -OCH3 is 1. The second kappa shape index (κ2) is 10.5. The van der Waals surface area contributed by atoms with Crippen LogP contribution < -0.4 is 15.2 Å². The highest BCUT2D eigenvalue weighted by molar-refractivity contribution is 5.43. The van der Waals surface area contributed by atoms with Crippen molar-refractivity contribution in [3.05, 3.63) is 23.8 Å². The van der Waals surface area contributed by atoms with Gasteiger partial charge in [0.05, 0.1) is 26.4 Å². The molecule has 5 nitrogen and oxygen atoms in total. The molecule has 1 aromatic carbocycles. The van der Waals surface area contributed by atoms with Gasteiger partial charge in [-0.15, -0.1) is 0 Å². The predicted molar refractivity (Wildman–Crippen MR) is 78.3 cm³/mol. The fraction of sp³-hybridized carbons (Fsp3) is 0.600. The van der Waals surface area contributed by atoms with Crippen LogP contribution in [0.25, 0.3) is 0 Å². The Balaban J connectivity index is 2.35. The lowest BCUT2D eigenvalue weighted by Crippen LogP contribution is -2.07. The lowest BCUT2D eigenvalue weighted by molar-refractivity contribution is 0.0642. The van der Waals surface area contributed by atoms with Gasteiger partial charge in [0.1, 0.15) is 0 Å². The number of hydrogen-bond acceptors (Lipinski definition) is 5. The Kier molecular flexibility index (Phi) is 8.78. The molecule has 1 aromatic rings. The first-order valence-electron chi connectivity index (χ1n) is 6.97. The fourth-order valence-corrected chi connectivity index (χ4v) is 1.65. The molecule has 114 valence electrons. The van der Waals surface area contributed by atoms with Crippen molar-refractivity contribution in [2.75, 3.05) is 40.1 Å². The zero-order valence-electron chi connectivity index (χ0n) is 12.4. The van der Waals surface area contributed by atoms with Crippen molar-refractivity contribution in [2.24, 2.45) is 5.73 Å². The van der Waals surface area contributed by atoms with E-state index in [0.29, 0.717) is 39.6 Å². The second-order valence-electron chi connectivity index (χ2n) is 4.23. The molecule has 20 heavy (non-hydrogen) atoms. The van der Waals surface area contributed by atoms with E-state index >= 15 is 0 Å². The van der Waals surface area contributed by atoms with Gasteiger partial charge in [-0.25, -0.2) is 0 Å². The summed E-state index contributed by atoms with van der Waals surface area (Å²) in [5.41, 5.74) is 6.65. The van der Waals surface area contributed by atoms with Crippen molar-refractivity contribution in [3.63, 3.8) is 0 Å². The van der Waals surface area contributed by atoms with E-state index in [-0.39, 0.29) is 0 Å². The first kappa shape index (κ1) is 16.8. The van der Waals surface area contributed by atoms with Crippen LogP contribution in [0.4, 0.5) is 0 Å². The molecule has 0 saturated heterocycles. The minimum atomic E-state index is 0.494. The Morgan fingerprint density at radius 3 is 2.55 bits per heavy atom. The normalized spacial score (nSPS) is 10.6. The van der Waals surface area contributed by atoms with E-state index in [1.54, 1.807) is 7.11 Å². The molecule has 0 bridgehead atoms. The van der Waals surface area contributed by atoms with Crippen LogP contribution in [-0.4, -0.2) is 40.1 Å². The summed E-state index contributed by atoms with van der Waals surface area (Å²) >= 11 is 0. The second-order valence-corrected chi connectivity index (χ2v) is 4.23. The van der Waals surface area contributed by atoms with Crippen molar-refractivity contribution < 1.29 is 18.9 Å². The molecule has 1 rings (SSSR count). The van der Waals surface area contributed by atoms with Gasteiger partial charge in [-0.3, -0.25) is 0 Å². The Bertz CT molecular complexity index is 371. The van der Waals surface area contributed by atoms with Crippen molar-refractivity contribution in [2.45, 2.75) is 19.9 Å². The number of rotatable bonds is 11. The van der Waals surface area contributed by atoms with Gasteiger partial charge in [-0.1, -0.05) is 6.07 Å². The topological polar surface area (TPSA) is 62.9 Å². The molecule has 0 spiro atoms. The van der Waals surface area contributed by atoms with Gasteiger partial charge < -0.3 is 24.7 Å². The summed E-state index contributed by atoms with van der Waals surface area (Å²) in [5, 5.41) is 0. The number of ether oxygens (including phenoxy) is 4. The molecule has 0 radical (unpaired) electrons. The fourth-order valence-electron chi connectivity index (χ4n) is 1.65. The Labute approximate surface area is 121 Å². The van der Waals surface area contributed by atoms with Crippen LogP contribution >= 0.6 is 0 Å². The SMILES string of the molecule is CCOc1cc(CN)ccc1OCCCOCCOC. The van der Waals surface area contributed by atoms with Gasteiger partial charge in [-0.2, -0.15) is 0 Å². The molecule has 5 heteroatoms. The summed E-state index contributed by atoms with van der Waals surface area (Å²) in [6.07, 6.45) is 0.827. The first-order valence-corrected chi connectivity index (χ1v) is 6.97. The molecular weight excluding hydrogens is 258 g/mol. The molecule has 0 aliphatic heterocycles. The van der Waals surface area contributed by atoms with Gasteiger partial charge in [0.2, 0.25) is 0 Å². The zero-order valence-corrected chi connectivity index (χ0v) is 12.4. The van der Waals surface area contributed by atoms with Gasteiger partial charge in [0, 0.05) is 26.7 Å². The molecule has 0 amide bonds. The molecule has 0 saturated carbocycles. The standard InChI is InChI=1S/C15H25NO4/c1-3-19-15-11-13(12-16)5-6-14(15)20-8-4-7-18-10-9-17-2/h5-6,11H,3-4,7-10,12,16H2,1-2H3. The molecule has 0 aliphatic carbocycles. The number of benzene rings is 1. The average molecular weight is 283 g/mol. The van der Waals surface area contributed by atoms with E-state index in [0.717, 1.165) is 23.5 Å². The highest BCUT2D eigenvalue weighted by atomic mass is 16.5. The molecule has 0 fully saturated rings. The van der Waals surface area contributed by atoms with Crippen molar-refractivity contribution in [1.29, 1.82) is 0 Å². The molecular formula is C15H25NO4. The smallest absolute Gasteiger partial charge is 0.161 e. The van der Waals surface area contributed by atoms with E-state index in [9.17, 15) is 0 Å². The Morgan fingerprint density at radius 1 is 1.00 bits per heavy atom. The van der Waals surface area contributed by atoms with E-state index in [1.807, 2.05) is 25.1 Å². The summed E-state index contributed by atoms with van der Waals surface area (Å²) in [7, 11) is 1.66. The van der Waals surface area contributed by atoms with E-state index in [4.69, 9.17) is 24.7 Å². The van der Waals surface area contributed by atoms with E-state index in [1.165, 1.54) is 0 Å². The predicted octanol–water partition coefficient (Wildman–Crippen LogP) is 1.98. The van der Waals surface area contributed by atoms with Gasteiger partial charge in [-0.05, 0) is 24.6 Å². The third-order valence-electron chi connectivity index (χ3n) is 2.67. The molecule has 0 aliphatic rings. The monoisotopic (exact) mass is 283 g/mol. The van der Waals surface area contributed by atoms with Crippen molar-refractivity contribution >= 4 is 0 Å². The zero-order chi connectivity index (χ0) is 14.6. The lowest BCUT2D eigenvalue weighted by Gasteiger charge is -2.13. The highest BCUT2D eigenvalue weighted by Gasteiger charge is 2.05. The van der Waals surface area contributed by atoms with Gasteiger partial charge in [0.15, 0.2) is 11.5 Å². The van der Waals surface area contributed by atoms with Gasteiger partial charge in [0.25, 0.3) is 0 Å². The van der Waals surface area contributed by atoms with E-state index in [2.05, 4.69) is 0 Å². The Morgan fingerprint density at radius 2 is 1.85 bits per heavy atom. The Hall–Kier alpha value is -1.30. The lowest BCUT2D eigenvalue weighted by atomic mass is 10.2. The quantitative estimate of drug-likeness (QED) is 0.629. The maximum atomic E-state index is 5.72. The third-order valence-corrected chi connectivity index (χ3v) is 2.67. The van der Waals surface area contributed by atoms with Crippen molar-refractivity contribution in [3.8, 4) is 11.5 Å². The highest BCUT2D eigenvalue weighted by Crippen LogP contribution is 2.28. The van der Waals surface area contributed by atoms with Crippen LogP contribution in [0.5, 0.6) is 11.5 Å². The molecule has 2 N–H and O–H groups in total. The van der Waals surface area contributed by atoms with Crippen molar-refractivity contribution in [1.82, 2.24) is 0 Å². The number of hydrogen-bond donors (Lipinski definition) is 1. The minimum absolute atomic E-state index is 0.494. The molecule has 0 unspecified atom stereocenters. The van der Waals surface area contributed by atoms with Gasteiger partial charge >= 0.3 is 0 Å². The molecule has 0 atom stereocenters. The minimum Gasteiger partial charge on any atom is -0.490 e. The average Bonchev–Trinajstić information content (AvgIpc) is 2.47. The largest absolute Gasteiger partial charge is 0.490 e.